The molecule has 0 bridgehead atoms. The lowest BCUT2D eigenvalue weighted by Gasteiger charge is -2.14. The van der Waals surface area contributed by atoms with Gasteiger partial charge in [-0.2, -0.15) is 0 Å². The van der Waals surface area contributed by atoms with E-state index in [0.29, 0.717) is 0 Å². The Labute approximate surface area is 93.3 Å². The van der Waals surface area contributed by atoms with Crippen molar-refractivity contribution in [1.29, 1.82) is 0 Å². The summed E-state index contributed by atoms with van der Waals surface area (Å²) in [5.74, 6) is 0. The van der Waals surface area contributed by atoms with Gasteiger partial charge in [-0.05, 0) is 0 Å². The van der Waals surface area contributed by atoms with Gasteiger partial charge >= 0.3 is 0 Å². The fourth-order valence-corrected chi connectivity index (χ4v) is 2.05. The van der Waals surface area contributed by atoms with Crippen molar-refractivity contribution in [2.24, 2.45) is 0 Å². The SMILES string of the molecule is c1cn(CCn2cnc3c2CCNC3)nn1. The molecule has 0 atom stereocenters. The second-order valence-electron chi connectivity index (χ2n) is 3.92. The van der Waals surface area contributed by atoms with Crippen LogP contribution in [0.5, 0.6) is 0 Å². The number of rotatable bonds is 3. The highest BCUT2D eigenvalue weighted by molar-refractivity contribution is 5.16. The molecular weight excluding hydrogens is 204 g/mol. The first-order valence-corrected chi connectivity index (χ1v) is 5.51. The minimum atomic E-state index is 0.843. The summed E-state index contributed by atoms with van der Waals surface area (Å²) >= 11 is 0. The molecule has 2 aromatic heterocycles. The zero-order valence-corrected chi connectivity index (χ0v) is 9.00. The third kappa shape index (κ3) is 1.71. The summed E-state index contributed by atoms with van der Waals surface area (Å²) in [7, 11) is 0. The predicted octanol–water partition coefficient (Wildman–Crippen LogP) is -0.180. The minimum absolute atomic E-state index is 0.843. The fraction of sp³-hybridized carbons (Fsp3) is 0.500. The zero-order chi connectivity index (χ0) is 10.8. The minimum Gasteiger partial charge on any atom is -0.332 e. The molecule has 6 nitrogen and oxygen atoms in total. The molecule has 0 amide bonds. The maximum Gasteiger partial charge on any atom is 0.0952 e. The highest BCUT2D eigenvalue weighted by atomic mass is 15.4. The van der Waals surface area contributed by atoms with Crippen LogP contribution < -0.4 is 5.32 Å². The van der Waals surface area contributed by atoms with Crippen LogP contribution in [0.2, 0.25) is 0 Å². The lowest BCUT2D eigenvalue weighted by Crippen LogP contribution is -2.25. The van der Waals surface area contributed by atoms with Gasteiger partial charge in [0, 0.05) is 37.9 Å². The number of nitrogens with one attached hydrogen (secondary N) is 1. The number of nitrogens with zero attached hydrogens (tertiary/aromatic N) is 5. The Balaban J connectivity index is 1.72. The average molecular weight is 218 g/mol. The Kier molecular flexibility index (Phi) is 2.41. The van der Waals surface area contributed by atoms with Gasteiger partial charge in [0.05, 0.1) is 24.8 Å². The van der Waals surface area contributed by atoms with Crippen LogP contribution >= 0.6 is 0 Å². The van der Waals surface area contributed by atoms with Gasteiger partial charge in [-0.3, -0.25) is 4.68 Å². The summed E-state index contributed by atoms with van der Waals surface area (Å²) in [5, 5.41) is 11.1. The number of imidazole rings is 1. The molecular formula is C10H14N6. The highest BCUT2D eigenvalue weighted by Crippen LogP contribution is 2.12. The lowest BCUT2D eigenvalue weighted by molar-refractivity contribution is 0.501. The van der Waals surface area contributed by atoms with Gasteiger partial charge in [-0.15, -0.1) is 5.10 Å². The molecule has 0 aliphatic carbocycles. The van der Waals surface area contributed by atoms with Crippen molar-refractivity contribution < 1.29 is 0 Å². The van der Waals surface area contributed by atoms with Gasteiger partial charge in [-0.25, -0.2) is 4.98 Å². The molecule has 0 saturated carbocycles. The largest absolute Gasteiger partial charge is 0.332 e. The molecule has 0 aromatic carbocycles. The second-order valence-corrected chi connectivity index (χ2v) is 3.92. The molecule has 84 valence electrons. The molecule has 16 heavy (non-hydrogen) atoms. The number of hydrogen-bond acceptors (Lipinski definition) is 4. The third-order valence-corrected chi connectivity index (χ3v) is 2.91. The quantitative estimate of drug-likeness (QED) is 0.776. The highest BCUT2D eigenvalue weighted by Gasteiger charge is 2.14. The summed E-state index contributed by atoms with van der Waals surface area (Å²) < 4.78 is 4.06. The van der Waals surface area contributed by atoms with E-state index < -0.39 is 0 Å². The van der Waals surface area contributed by atoms with Crippen LogP contribution in [0.1, 0.15) is 11.4 Å². The summed E-state index contributed by atoms with van der Waals surface area (Å²) in [5.41, 5.74) is 2.55. The van der Waals surface area contributed by atoms with Crippen molar-refractivity contribution in [3.05, 3.63) is 30.1 Å². The monoisotopic (exact) mass is 218 g/mol. The third-order valence-electron chi connectivity index (χ3n) is 2.91. The van der Waals surface area contributed by atoms with Gasteiger partial charge in [0.2, 0.25) is 0 Å². The van der Waals surface area contributed by atoms with Crippen molar-refractivity contribution in [2.75, 3.05) is 6.54 Å². The van der Waals surface area contributed by atoms with Crippen molar-refractivity contribution in [2.45, 2.75) is 26.1 Å². The molecule has 1 N–H and O–H groups in total. The van der Waals surface area contributed by atoms with Crippen LogP contribution in [0.25, 0.3) is 0 Å². The van der Waals surface area contributed by atoms with Crippen LogP contribution in [0.3, 0.4) is 0 Å². The van der Waals surface area contributed by atoms with E-state index in [4.69, 9.17) is 0 Å². The summed E-state index contributed by atoms with van der Waals surface area (Å²) in [6, 6.07) is 0. The maximum absolute atomic E-state index is 4.41. The molecule has 0 fully saturated rings. The molecule has 0 spiro atoms. The molecule has 3 rings (SSSR count). The van der Waals surface area contributed by atoms with Gasteiger partial charge in [0.1, 0.15) is 0 Å². The van der Waals surface area contributed by atoms with Crippen LogP contribution in [-0.4, -0.2) is 31.1 Å². The van der Waals surface area contributed by atoms with Gasteiger partial charge in [-0.1, -0.05) is 5.21 Å². The molecule has 0 radical (unpaired) electrons. The van der Waals surface area contributed by atoms with Crippen LogP contribution in [0.4, 0.5) is 0 Å². The van der Waals surface area contributed by atoms with Crippen LogP contribution in [-0.2, 0) is 26.1 Å². The van der Waals surface area contributed by atoms with E-state index in [1.54, 1.807) is 6.20 Å². The number of hydrogen-bond donors (Lipinski definition) is 1. The van der Waals surface area contributed by atoms with Crippen molar-refractivity contribution in [3.63, 3.8) is 0 Å². The van der Waals surface area contributed by atoms with Gasteiger partial charge in [0.25, 0.3) is 0 Å². The van der Waals surface area contributed by atoms with Crippen LogP contribution in [0.15, 0.2) is 18.7 Å². The van der Waals surface area contributed by atoms with E-state index in [2.05, 4.69) is 25.2 Å². The Morgan fingerprint density at radius 2 is 2.38 bits per heavy atom. The van der Waals surface area contributed by atoms with E-state index in [9.17, 15) is 0 Å². The first kappa shape index (κ1) is 9.53. The van der Waals surface area contributed by atoms with E-state index in [1.807, 2.05) is 17.2 Å². The first-order valence-electron chi connectivity index (χ1n) is 5.51. The van der Waals surface area contributed by atoms with Gasteiger partial charge in [0.15, 0.2) is 0 Å². The maximum atomic E-state index is 4.41. The number of aromatic nitrogens is 5. The second kappa shape index (κ2) is 4.05. The standard InChI is InChI=1S/C10H14N6/c1-2-11-7-9-10(1)15(8-12-9)5-6-16-4-3-13-14-16/h3-4,8,11H,1-2,5-7H2. The van der Waals surface area contributed by atoms with Crippen molar-refractivity contribution >= 4 is 0 Å². The number of aryl methyl sites for hydroxylation is 2. The Morgan fingerprint density at radius 3 is 3.25 bits per heavy atom. The topological polar surface area (TPSA) is 60.6 Å². The van der Waals surface area contributed by atoms with E-state index >= 15 is 0 Å². The summed E-state index contributed by atoms with van der Waals surface area (Å²) in [6.45, 7) is 3.69. The fourth-order valence-electron chi connectivity index (χ4n) is 2.05. The molecule has 1 aliphatic heterocycles. The normalized spacial score (nSPS) is 15.0. The smallest absolute Gasteiger partial charge is 0.0952 e. The van der Waals surface area contributed by atoms with Crippen LogP contribution in [0, 0.1) is 0 Å². The van der Waals surface area contributed by atoms with E-state index in [-0.39, 0.29) is 0 Å². The average Bonchev–Trinajstić information content (AvgIpc) is 2.96. The lowest BCUT2D eigenvalue weighted by atomic mass is 10.2. The molecule has 2 aromatic rings. The molecule has 3 heterocycles. The summed E-state index contributed by atoms with van der Waals surface area (Å²) in [6.07, 6.45) is 6.57. The van der Waals surface area contributed by atoms with Crippen molar-refractivity contribution in [3.8, 4) is 0 Å². The first-order chi connectivity index (χ1) is 7.93. The predicted molar refractivity (Wildman–Crippen MR) is 57.7 cm³/mol. The molecule has 0 unspecified atom stereocenters. The Bertz CT molecular complexity index is 458. The van der Waals surface area contributed by atoms with E-state index in [0.717, 1.165) is 32.6 Å². The molecule has 1 aliphatic rings. The summed E-state index contributed by atoms with van der Waals surface area (Å²) in [4.78, 5) is 4.41. The number of fused-ring (bicyclic) bond motifs is 1. The van der Waals surface area contributed by atoms with E-state index in [1.165, 1.54) is 11.4 Å². The Morgan fingerprint density at radius 1 is 1.38 bits per heavy atom. The molecule has 0 saturated heterocycles. The van der Waals surface area contributed by atoms with Crippen molar-refractivity contribution in [1.82, 2.24) is 29.9 Å². The molecule has 6 heteroatoms. The van der Waals surface area contributed by atoms with Gasteiger partial charge < -0.3 is 9.88 Å². The zero-order valence-electron chi connectivity index (χ0n) is 9.00. The Hall–Kier alpha value is -1.69.